The number of rotatable bonds is 4. The Bertz CT molecular complexity index is 396. The molecule has 1 aromatic rings. The van der Waals surface area contributed by atoms with Crippen LogP contribution in [0.4, 0.5) is 0 Å². The lowest BCUT2D eigenvalue weighted by atomic mass is 9.91. The van der Waals surface area contributed by atoms with Crippen LogP contribution in [0.2, 0.25) is 0 Å². The van der Waals surface area contributed by atoms with Gasteiger partial charge in [-0.2, -0.15) is 0 Å². The van der Waals surface area contributed by atoms with Crippen LogP contribution >= 0.6 is 0 Å². The third-order valence-electron chi connectivity index (χ3n) is 4.63. The number of fused-ring (bicyclic) bond motifs is 1. The van der Waals surface area contributed by atoms with Crippen molar-refractivity contribution in [2.45, 2.75) is 44.6 Å². The quantitative estimate of drug-likeness (QED) is 0.892. The molecule has 0 radical (unpaired) electrons. The molecule has 1 saturated heterocycles. The Labute approximate surface area is 117 Å². The van der Waals surface area contributed by atoms with Crippen LogP contribution in [-0.4, -0.2) is 31.1 Å². The summed E-state index contributed by atoms with van der Waals surface area (Å²) < 4.78 is 0. The van der Waals surface area contributed by atoms with E-state index < -0.39 is 0 Å². The van der Waals surface area contributed by atoms with Crippen molar-refractivity contribution in [1.29, 1.82) is 0 Å². The molecule has 0 bridgehead atoms. The van der Waals surface area contributed by atoms with Gasteiger partial charge in [0.15, 0.2) is 0 Å². The van der Waals surface area contributed by atoms with Gasteiger partial charge in [0.25, 0.3) is 0 Å². The Kier molecular flexibility index (Phi) is 4.52. The molecular weight excluding hydrogens is 232 g/mol. The molecule has 0 saturated carbocycles. The SMILES string of the molecule is c1ccc2c(c1)CCNC2CCCN1CCCCC1. The molecule has 1 N–H and O–H groups in total. The Morgan fingerprint density at radius 2 is 1.95 bits per heavy atom. The van der Waals surface area contributed by atoms with E-state index in [4.69, 9.17) is 0 Å². The van der Waals surface area contributed by atoms with Gasteiger partial charge in [-0.3, -0.25) is 0 Å². The lowest BCUT2D eigenvalue weighted by molar-refractivity contribution is 0.221. The molecule has 0 amide bonds. The zero-order valence-corrected chi connectivity index (χ0v) is 11.9. The van der Waals surface area contributed by atoms with Crippen molar-refractivity contribution in [3.63, 3.8) is 0 Å². The fourth-order valence-electron chi connectivity index (χ4n) is 3.55. The topological polar surface area (TPSA) is 15.3 Å². The maximum atomic E-state index is 3.69. The standard InChI is InChI=1S/C17H26N2/c1-4-12-19(13-5-1)14-6-9-17-16-8-3-2-7-15(16)10-11-18-17/h2-3,7-8,17-18H,1,4-6,9-14H2. The molecular formula is C17H26N2. The molecule has 19 heavy (non-hydrogen) atoms. The molecule has 104 valence electrons. The summed E-state index contributed by atoms with van der Waals surface area (Å²) >= 11 is 0. The number of hydrogen-bond donors (Lipinski definition) is 1. The molecule has 1 atom stereocenters. The predicted molar refractivity (Wildman–Crippen MR) is 80.4 cm³/mol. The number of nitrogens with zero attached hydrogens (tertiary/aromatic N) is 1. The van der Waals surface area contributed by atoms with E-state index in [0.29, 0.717) is 6.04 Å². The summed E-state index contributed by atoms with van der Waals surface area (Å²) in [6.45, 7) is 5.09. The van der Waals surface area contributed by atoms with E-state index >= 15 is 0 Å². The minimum Gasteiger partial charge on any atom is -0.310 e. The van der Waals surface area contributed by atoms with E-state index in [0.717, 1.165) is 6.54 Å². The summed E-state index contributed by atoms with van der Waals surface area (Å²) in [5.41, 5.74) is 3.11. The number of piperidine rings is 1. The third-order valence-corrected chi connectivity index (χ3v) is 4.63. The average Bonchev–Trinajstić information content (AvgIpc) is 2.49. The largest absolute Gasteiger partial charge is 0.310 e. The van der Waals surface area contributed by atoms with Crippen molar-refractivity contribution in [2.75, 3.05) is 26.2 Å². The van der Waals surface area contributed by atoms with Gasteiger partial charge < -0.3 is 10.2 Å². The Balaban J connectivity index is 1.50. The third kappa shape index (κ3) is 3.37. The molecule has 1 fully saturated rings. The molecule has 1 aromatic carbocycles. The number of hydrogen-bond acceptors (Lipinski definition) is 2. The molecule has 2 aliphatic heterocycles. The monoisotopic (exact) mass is 258 g/mol. The van der Waals surface area contributed by atoms with E-state index in [1.807, 2.05) is 0 Å². The first-order valence-electron chi connectivity index (χ1n) is 7.97. The molecule has 2 heterocycles. The second-order valence-corrected chi connectivity index (χ2v) is 6.00. The second-order valence-electron chi connectivity index (χ2n) is 6.00. The normalized spacial score (nSPS) is 24.1. The van der Waals surface area contributed by atoms with Gasteiger partial charge in [-0.1, -0.05) is 30.7 Å². The molecule has 2 heteroatoms. The smallest absolute Gasteiger partial charge is 0.0323 e. The van der Waals surface area contributed by atoms with E-state index in [1.165, 1.54) is 58.2 Å². The first-order valence-corrected chi connectivity index (χ1v) is 7.97. The summed E-state index contributed by atoms with van der Waals surface area (Å²) in [6, 6.07) is 9.56. The van der Waals surface area contributed by atoms with Crippen molar-refractivity contribution in [2.24, 2.45) is 0 Å². The summed E-state index contributed by atoms with van der Waals surface area (Å²) in [5, 5.41) is 3.69. The van der Waals surface area contributed by atoms with Crippen LogP contribution in [0.15, 0.2) is 24.3 Å². The Morgan fingerprint density at radius 1 is 1.11 bits per heavy atom. The minimum atomic E-state index is 0.592. The van der Waals surface area contributed by atoms with Gasteiger partial charge in [-0.05, 0) is 69.4 Å². The van der Waals surface area contributed by atoms with Crippen molar-refractivity contribution in [3.8, 4) is 0 Å². The first kappa shape index (κ1) is 13.1. The van der Waals surface area contributed by atoms with Crippen molar-refractivity contribution in [1.82, 2.24) is 10.2 Å². The van der Waals surface area contributed by atoms with Gasteiger partial charge in [0.2, 0.25) is 0 Å². The highest BCUT2D eigenvalue weighted by Crippen LogP contribution is 2.26. The molecule has 0 aliphatic carbocycles. The zero-order chi connectivity index (χ0) is 12.9. The predicted octanol–water partition coefficient (Wildman–Crippen LogP) is 3.14. The van der Waals surface area contributed by atoms with E-state index in [9.17, 15) is 0 Å². The molecule has 0 spiro atoms. The minimum absolute atomic E-state index is 0.592. The Hall–Kier alpha value is -0.860. The van der Waals surface area contributed by atoms with Crippen LogP contribution in [-0.2, 0) is 6.42 Å². The second kappa shape index (κ2) is 6.53. The first-order chi connectivity index (χ1) is 9.43. The molecule has 2 nitrogen and oxygen atoms in total. The average molecular weight is 258 g/mol. The lowest BCUT2D eigenvalue weighted by Gasteiger charge is -2.29. The van der Waals surface area contributed by atoms with Crippen LogP contribution in [0.1, 0.15) is 49.3 Å². The van der Waals surface area contributed by atoms with Crippen LogP contribution < -0.4 is 5.32 Å². The van der Waals surface area contributed by atoms with Gasteiger partial charge in [-0.15, -0.1) is 0 Å². The Morgan fingerprint density at radius 3 is 2.84 bits per heavy atom. The van der Waals surface area contributed by atoms with E-state index in [2.05, 4.69) is 34.5 Å². The van der Waals surface area contributed by atoms with Crippen LogP contribution in [0, 0.1) is 0 Å². The lowest BCUT2D eigenvalue weighted by Crippen LogP contribution is -2.33. The summed E-state index contributed by atoms with van der Waals surface area (Å²) in [4.78, 5) is 2.65. The highest BCUT2D eigenvalue weighted by Gasteiger charge is 2.19. The van der Waals surface area contributed by atoms with Crippen molar-refractivity contribution in [3.05, 3.63) is 35.4 Å². The van der Waals surface area contributed by atoms with Crippen LogP contribution in [0.3, 0.4) is 0 Å². The maximum Gasteiger partial charge on any atom is 0.0323 e. The maximum absolute atomic E-state index is 3.69. The summed E-state index contributed by atoms with van der Waals surface area (Å²) in [7, 11) is 0. The van der Waals surface area contributed by atoms with Gasteiger partial charge >= 0.3 is 0 Å². The summed E-state index contributed by atoms with van der Waals surface area (Å²) in [6.07, 6.45) is 8.06. The van der Waals surface area contributed by atoms with Gasteiger partial charge in [0.1, 0.15) is 0 Å². The zero-order valence-electron chi connectivity index (χ0n) is 11.9. The van der Waals surface area contributed by atoms with Gasteiger partial charge in [0, 0.05) is 6.04 Å². The van der Waals surface area contributed by atoms with E-state index in [-0.39, 0.29) is 0 Å². The number of likely N-dealkylation sites (tertiary alicyclic amines) is 1. The van der Waals surface area contributed by atoms with Crippen LogP contribution in [0.5, 0.6) is 0 Å². The fraction of sp³-hybridized carbons (Fsp3) is 0.647. The van der Waals surface area contributed by atoms with Gasteiger partial charge in [0.05, 0.1) is 0 Å². The number of nitrogens with one attached hydrogen (secondary N) is 1. The summed E-state index contributed by atoms with van der Waals surface area (Å²) in [5.74, 6) is 0. The highest BCUT2D eigenvalue weighted by atomic mass is 15.1. The van der Waals surface area contributed by atoms with Crippen molar-refractivity contribution < 1.29 is 0 Å². The van der Waals surface area contributed by atoms with E-state index in [1.54, 1.807) is 11.1 Å². The van der Waals surface area contributed by atoms with Crippen molar-refractivity contribution >= 4 is 0 Å². The fourth-order valence-corrected chi connectivity index (χ4v) is 3.55. The molecule has 0 aromatic heterocycles. The number of benzene rings is 1. The molecule has 1 unspecified atom stereocenters. The molecule has 3 rings (SSSR count). The highest BCUT2D eigenvalue weighted by molar-refractivity contribution is 5.32. The molecule has 2 aliphatic rings. The van der Waals surface area contributed by atoms with Gasteiger partial charge in [-0.25, -0.2) is 0 Å². The van der Waals surface area contributed by atoms with Crippen LogP contribution in [0.25, 0.3) is 0 Å².